The van der Waals surface area contributed by atoms with Crippen LogP contribution in [-0.4, -0.2) is 33.8 Å². The largest absolute Gasteiger partial charge is 0.350 e. The van der Waals surface area contributed by atoms with Crippen LogP contribution in [0.5, 0.6) is 0 Å². The lowest BCUT2D eigenvalue weighted by molar-refractivity contribution is -0.142. The van der Waals surface area contributed by atoms with E-state index in [2.05, 4.69) is 10.3 Å². The second-order valence-electron chi connectivity index (χ2n) is 7.46. The molecule has 0 radical (unpaired) electrons. The summed E-state index contributed by atoms with van der Waals surface area (Å²) in [6.45, 7) is 0.499. The number of nitrogens with zero attached hydrogens (tertiary/aromatic N) is 2. The minimum Gasteiger partial charge on any atom is -0.350 e. The van der Waals surface area contributed by atoms with E-state index in [0.717, 1.165) is 37.7 Å². The van der Waals surface area contributed by atoms with Gasteiger partial charge in [-0.1, -0.05) is 12.8 Å². The summed E-state index contributed by atoms with van der Waals surface area (Å²) in [4.78, 5) is 31.6. The summed E-state index contributed by atoms with van der Waals surface area (Å²) >= 11 is 0. The van der Waals surface area contributed by atoms with Gasteiger partial charge < -0.3 is 10.2 Å². The fourth-order valence-corrected chi connectivity index (χ4v) is 4.36. The zero-order chi connectivity index (χ0) is 16.5. The Bertz CT molecular complexity index is 614. The third-order valence-electron chi connectivity index (χ3n) is 5.79. The summed E-state index contributed by atoms with van der Waals surface area (Å²) in [6.07, 6.45) is 10.9. The van der Waals surface area contributed by atoms with Crippen LogP contribution in [0.25, 0.3) is 0 Å². The Hall–Kier alpha value is -1.91. The second-order valence-corrected chi connectivity index (χ2v) is 7.46. The van der Waals surface area contributed by atoms with E-state index in [-0.39, 0.29) is 23.8 Å². The van der Waals surface area contributed by atoms with E-state index in [1.807, 2.05) is 17.0 Å². The van der Waals surface area contributed by atoms with E-state index in [0.29, 0.717) is 18.5 Å². The van der Waals surface area contributed by atoms with Crippen molar-refractivity contribution in [3.05, 3.63) is 30.1 Å². The second kappa shape index (κ2) is 6.54. The molecule has 0 unspecified atom stereocenters. The molecular formula is C19H25N3O2. The Kier molecular flexibility index (Phi) is 4.25. The molecule has 3 atom stereocenters. The lowest BCUT2D eigenvalue weighted by Gasteiger charge is -2.33. The molecule has 5 heteroatoms. The van der Waals surface area contributed by atoms with Gasteiger partial charge in [-0.2, -0.15) is 0 Å². The van der Waals surface area contributed by atoms with Crippen LogP contribution >= 0.6 is 0 Å². The zero-order valence-electron chi connectivity index (χ0n) is 14.0. The van der Waals surface area contributed by atoms with Crippen molar-refractivity contribution >= 4 is 11.8 Å². The number of likely N-dealkylation sites (tertiary alicyclic amines) is 1. The lowest BCUT2D eigenvalue weighted by Crippen LogP contribution is -2.50. The number of hydrogen-bond acceptors (Lipinski definition) is 3. The van der Waals surface area contributed by atoms with Crippen molar-refractivity contribution in [2.24, 2.45) is 11.8 Å². The van der Waals surface area contributed by atoms with Gasteiger partial charge >= 0.3 is 0 Å². The van der Waals surface area contributed by atoms with Gasteiger partial charge in [0.2, 0.25) is 11.8 Å². The van der Waals surface area contributed by atoms with Crippen molar-refractivity contribution in [2.45, 2.75) is 63.6 Å². The summed E-state index contributed by atoms with van der Waals surface area (Å²) in [5.74, 6) is 0.933. The molecule has 1 N–H and O–H groups in total. The van der Waals surface area contributed by atoms with Gasteiger partial charge in [-0.25, -0.2) is 0 Å². The van der Waals surface area contributed by atoms with E-state index >= 15 is 0 Å². The molecule has 1 aromatic heterocycles. The third-order valence-corrected chi connectivity index (χ3v) is 5.79. The van der Waals surface area contributed by atoms with Crippen molar-refractivity contribution < 1.29 is 9.59 Å². The lowest BCUT2D eigenvalue weighted by atomic mass is 9.84. The minimum absolute atomic E-state index is 0.00946. The number of pyridine rings is 1. The number of amides is 2. The van der Waals surface area contributed by atoms with Gasteiger partial charge in [0.05, 0.1) is 0 Å². The fraction of sp³-hybridized carbons (Fsp3) is 0.632. The fourth-order valence-electron chi connectivity index (χ4n) is 4.36. The van der Waals surface area contributed by atoms with E-state index in [9.17, 15) is 9.59 Å². The highest BCUT2D eigenvalue weighted by Gasteiger charge is 2.50. The number of carbonyl (C=O) groups is 2. The molecule has 0 spiro atoms. The van der Waals surface area contributed by atoms with Crippen molar-refractivity contribution in [1.29, 1.82) is 0 Å². The van der Waals surface area contributed by atoms with Crippen molar-refractivity contribution in [3.8, 4) is 0 Å². The van der Waals surface area contributed by atoms with Crippen molar-refractivity contribution in [2.75, 3.05) is 0 Å². The number of hydrogen-bond donors (Lipinski definition) is 1. The number of fused-ring (bicyclic) bond motifs is 1. The quantitative estimate of drug-likeness (QED) is 0.923. The molecule has 2 saturated carbocycles. The van der Waals surface area contributed by atoms with Crippen LogP contribution in [0.3, 0.4) is 0 Å². The number of nitrogens with one attached hydrogen (secondary N) is 1. The molecule has 128 valence electrons. The standard InChI is InChI=1S/C19H25N3O2/c23-18(21-12-13-7-9-20-10-8-13)17-11-15-3-1-2-4-16(15)22(17)19(24)14-5-6-14/h7-10,14-17H,1-6,11-12H2,(H,21,23)/t15-,16+,17-/m0/s1. The number of carbonyl (C=O) groups excluding carboxylic acids is 2. The van der Waals surface area contributed by atoms with E-state index in [1.165, 1.54) is 12.8 Å². The first-order valence-electron chi connectivity index (χ1n) is 9.23. The highest BCUT2D eigenvalue weighted by Crippen LogP contribution is 2.43. The van der Waals surface area contributed by atoms with Gasteiger partial charge in [-0.05, 0) is 55.7 Å². The average Bonchev–Trinajstić information content (AvgIpc) is 3.40. The molecule has 2 heterocycles. The molecular weight excluding hydrogens is 302 g/mol. The smallest absolute Gasteiger partial charge is 0.243 e. The van der Waals surface area contributed by atoms with Crippen LogP contribution in [0, 0.1) is 11.8 Å². The molecule has 2 aliphatic carbocycles. The molecule has 3 aliphatic rings. The van der Waals surface area contributed by atoms with Gasteiger partial charge in [0.25, 0.3) is 0 Å². The third kappa shape index (κ3) is 3.04. The maximum atomic E-state index is 12.8. The Morgan fingerprint density at radius 3 is 2.62 bits per heavy atom. The molecule has 4 rings (SSSR count). The number of rotatable bonds is 4. The predicted molar refractivity (Wildman–Crippen MR) is 89.8 cm³/mol. The zero-order valence-corrected chi connectivity index (χ0v) is 14.0. The Morgan fingerprint density at radius 2 is 1.88 bits per heavy atom. The molecule has 3 fully saturated rings. The molecule has 0 aromatic carbocycles. The van der Waals surface area contributed by atoms with Gasteiger partial charge in [0.15, 0.2) is 0 Å². The maximum absolute atomic E-state index is 12.8. The predicted octanol–water partition coefficient (Wildman–Crippen LogP) is 2.27. The number of aromatic nitrogens is 1. The Labute approximate surface area is 142 Å². The molecule has 1 aromatic rings. The van der Waals surface area contributed by atoms with Crippen LogP contribution < -0.4 is 5.32 Å². The molecule has 0 bridgehead atoms. The summed E-state index contributed by atoms with van der Waals surface area (Å²) in [6, 6.07) is 3.83. The van der Waals surface area contributed by atoms with Gasteiger partial charge in [0, 0.05) is 30.9 Å². The van der Waals surface area contributed by atoms with E-state index < -0.39 is 0 Å². The molecule has 5 nitrogen and oxygen atoms in total. The van der Waals surface area contributed by atoms with Crippen molar-refractivity contribution in [3.63, 3.8) is 0 Å². The average molecular weight is 327 g/mol. The summed E-state index contributed by atoms with van der Waals surface area (Å²) in [7, 11) is 0. The Morgan fingerprint density at radius 1 is 1.12 bits per heavy atom. The van der Waals surface area contributed by atoms with Gasteiger partial charge in [-0.3, -0.25) is 14.6 Å². The van der Waals surface area contributed by atoms with Gasteiger partial charge in [-0.15, -0.1) is 0 Å². The van der Waals surface area contributed by atoms with Crippen LogP contribution in [0.1, 0.15) is 50.5 Å². The molecule has 2 amide bonds. The highest BCUT2D eigenvalue weighted by atomic mass is 16.2. The summed E-state index contributed by atoms with van der Waals surface area (Å²) in [5.41, 5.74) is 1.04. The summed E-state index contributed by atoms with van der Waals surface area (Å²) < 4.78 is 0. The first kappa shape index (κ1) is 15.6. The molecule has 1 saturated heterocycles. The van der Waals surface area contributed by atoms with Gasteiger partial charge in [0.1, 0.15) is 6.04 Å². The Balaban J connectivity index is 1.46. The van der Waals surface area contributed by atoms with Crippen LogP contribution in [0.2, 0.25) is 0 Å². The SMILES string of the molecule is O=C(NCc1ccncc1)[C@@H]1C[C@@H]2CCCC[C@H]2N1C(=O)C1CC1. The first-order valence-corrected chi connectivity index (χ1v) is 9.23. The van der Waals surface area contributed by atoms with Crippen LogP contribution in [0.4, 0.5) is 0 Å². The monoisotopic (exact) mass is 327 g/mol. The van der Waals surface area contributed by atoms with E-state index in [4.69, 9.17) is 0 Å². The summed E-state index contributed by atoms with van der Waals surface area (Å²) in [5, 5.41) is 3.03. The van der Waals surface area contributed by atoms with Crippen LogP contribution in [0.15, 0.2) is 24.5 Å². The maximum Gasteiger partial charge on any atom is 0.243 e. The van der Waals surface area contributed by atoms with Crippen LogP contribution in [-0.2, 0) is 16.1 Å². The topological polar surface area (TPSA) is 62.3 Å². The van der Waals surface area contributed by atoms with Crippen molar-refractivity contribution in [1.82, 2.24) is 15.2 Å². The first-order chi connectivity index (χ1) is 11.7. The normalized spacial score (nSPS) is 29.2. The minimum atomic E-state index is -0.270. The van der Waals surface area contributed by atoms with E-state index in [1.54, 1.807) is 12.4 Å². The molecule has 1 aliphatic heterocycles. The highest BCUT2D eigenvalue weighted by molar-refractivity contribution is 5.90. The molecule has 24 heavy (non-hydrogen) atoms.